The maximum absolute atomic E-state index is 12.1. The van der Waals surface area contributed by atoms with Crippen LogP contribution in [0.2, 0.25) is 0 Å². The van der Waals surface area contributed by atoms with Gasteiger partial charge in [-0.2, -0.15) is 11.3 Å². The molecular formula is C15H19N3OS. The Balaban J connectivity index is 1.93. The molecule has 4 nitrogen and oxygen atoms in total. The lowest BCUT2D eigenvalue weighted by Gasteiger charge is -2.14. The van der Waals surface area contributed by atoms with Gasteiger partial charge >= 0.3 is 0 Å². The third-order valence-corrected chi connectivity index (χ3v) is 3.70. The van der Waals surface area contributed by atoms with Crippen LogP contribution in [0.15, 0.2) is 35.2 Å². The van der Waals surface area contributed by atoms with Crippen molar-refractivity contribution >= 4 is 23.1 Å². The van der Waals surface area contributed by atoms with E-state index in [4.69, 9.17) is 0 Å². The number of thiophene rings is 1. The Morgan fingerprint density at radius 1 is 1.40 bits per heavy atom. The van der Waals surface area contributed by atoms with E-state index in [0.717, 1.165) is 12.2 Å². The van der Waals surface area contributed by atoms with E-state index < -0.39 is 0 Å². The zero-order valence-electron chi connectivity index (χ0n) is 12.0. The Morgan fingerprint density at radius 2 is 2.20 bits per heavy atom. The van der Waals surface area contributed by atoms with Gasteiger partial charge in [0.05, 0.1) is 5.56 Å². The molecule has 20 heavy (non-hydrogen) atoms. The van der Waals surface area contributed by atoms with E-state index >= 15 is 0 Å². The van der Waals surface area contributed by atoms with Crippen LogP contribution >= 0.6 is 11.3 Å². The van der Waals surface area contributed by atoms with E-state index in [1.807, 2.05) is 37.4 Å². The first-order chi connectivity index (χ1) is 9.56. The lowest BCUT2D eigenvalue weighted by atomic mass is 10.1. The van der Waals surface area contributed by atoms with Crippen LogP contribution in [0.4, 0.5) is 5.82 Å². The smallest absolute Gasteiger partial charge is 0.253 e. The number of rotatable bonds is 5. The molecule has 0 aliphatic rings. The first-order valence-electron chi connectivity index (χ1n) is 6.51. The summed E-state index contributed by atoms with van der Waals surface area (Å²) in [7, 11) is 3.84. The number of carbonyl (C=O) groups excluding carboxylic acids is 1. The predicted molar refractivity (Wildman–Crippen MR) is 83.5 cm³/mol. The third kappa shape index (κ3) is 3.81. The second-order valence-electron chi connectivity index (χ2n) is 5.01. The summed E-state index contributed by atoms with van der Waals surface area (Å²) in [5.41, 5.74) is 1.84. The molecule has 0 saturated carbocycles. The van der Waals surface area contributed by atoms with Gasteiger partial charge in [-0.3, -0.25) is 4.79 Å². The summed E-state index contributed by atoms with van der Waals surface area (Å²) >= 11 is 1.67. The molecule has 106 valence electrons. The average molecular weight is 289 g/mol. The van der Waals surface area contributed by atoms with Gasteiger partial charge in [0.15, 0.2) is 0 Å². The van der Waals surface area contributed by atoms with E-state index in [1.165, 1.54) is 5.56 Å². The molecule has 0 saturated heterocycles. The number of aromatic nitrogens is 1. The van der Waals surface area contributed by atoms with Gasteiger partial charge in [-0.1, -0.05) is 0 Å². The molecule has 1 amide bonds. The van der Waals surface area contributed by atoms with Crippen molar-refractivity contribution in [1.82, 2.24) is 10.3 Å². The Kier molecular flexibility index (Phi) is 4.74. The van der Waals surface area contributed by atoms with Crippen LogP contribution in [0.3, 0.4) is 0 Å². The van der Waals surface area contributed by atoms with Gasteiger partial charge in [0, 0.05) is 26.3 Å². The number of nitrogens with zero attached hydrogens (tertiary/aromatic N) is 2. The number of pyridine rings is 1. The minimum absolute atomic E-state index is 0.0782. The van der Waals surface area contributed by atoms with Crippen LogP contribution in [-0.4, -0.2) is 31.0 Å². The highest BCUT2D eigenvalue weighted by atomic mass is 32.1. The van der Waals surface area contributed by atoms with E-state index in [-0.39, 0.29) is 11.9 Å². The molecule has 0 aliphatic carbocycles. The lowest BCUT2D eigenvalue weighted by molar-refractivity contribution is 0.0940. The molecule has 2 aromatic heterocycles. The molecule has 2 heterocycles. The van der Waals surface area contributed by atoms with Crippen molar-refractivity contribution in [3.8, 4) is 0 Å². The van der Waals surface area contributed by atoms with Crippen molar-refractivity contribution in [3.63, 3.8) is 0 Å². The Labute approximate surface area is 123 Å². The normalized spacial score (nSPS) is 11.9. The number of hydrogen-bond donors (Lipinski definition) is 1. The van der Waals surface area contributed by atoms with Gasteiger partial charge in [0.25, 0.3) is 5.91 Å². The molecule has 0 aliphatic heterocycles. The highest BCUT2D eigenvalue weighted by Crippen LogP contribution is 2.10. The van der Waals surface area contributed by atoms with Crippen LogP contribution in [0, 0.1) is 0 Å². The Morgan fingerprint density at radius 3 is 2.75 bits per heavy atom. The van der Waals surface area contributed by atoms with E-state index in [2.05, 4.69) is 21.7 Å². The predicted octanol–water partition coefficient (Wildman–Crippen LogP) is 2.57. The van der Waals surface area contributed by atoms with Crippen LogP contribution < -0.4 is 10.2 Å². The van der Waals surface area contributed by atoms with Crippen molar-refractivity contribution in [3.05, 3.63) is 46.3 Å². The molecule has 5 heteroatoms. The molecule has 0 aromatic carbocycles. The van der Waals surface area contributed by atoms with Gasteiger partial charge in [0.2, 0.25) is 0 Å². The zero-order valence-corrected chi connectivity index (χ0v) is 12.8. The maximum Gasteiger partial charge on any atom is 0.253 e. The molecule has 0 unspecified atom stereocenters. The quantitative estimate of drug-likeness (QED) is 0.920. The second kappa shape index (κ2) is 6.52. The lowest BCUT2D eigenvalue weighted by Crippen LogP contribution is -2.34. The first-order valence-corrected chi connectivity index (χ1v) is 7.46. The van der Waals surface area contributed by atoms with E-state index in [9.17, 15) is 4.79 Å². The summed E-state index contributed by atoms with van der Waals surface area (Å²) in [5.74, 6) is 0.762. The SMILES string of the molecule is C[C@@H](Cc1ccsc1)NC(=O)c1ccc(N(C)C)nc1. The average Bonchev–Trinajstić information content (AvgIpc) is 2.91. The van der Waals surface area contributed by atoms with Crippen molar-refractivity contribution < 1.29 is 4.79 Å². The maximum atomic E-state index is 12.1. The number of hydrogen-bond acceptors (Lipinski definition) is 4. The molecule has 2 aromatic rings. The molecule has 1 atom stereocenters. The van der Waals surface area contributed by atoms with Gasteiger partial charge < -0.3 is 10.2 Å². The summed E-state index contributed by atoms with van der Waals surface area (Å²) in [6, 6.07) is 5.83. The van der Waals surface area contributed by atoms with Gasteiger partial charge in [-0.15, -0.1) is 0 Å². The first kappa shape index (κ1) is 14.5. The molecular weight excluding hydrogens is 270 g/mol. The van der Waals surface area contributed by atoms with Crippen molar-refractivity contribution in [2.45, 2.75) is 19.4 Å². The van der Waals surface area contributed by atoms with Crippen molar-refractivity contribution in [2.75, 3.05) is 19.0 Å². The van der Waals surface area contributed by atoms with E-state index in [1.54, 1.807) is 23.6 Å². The molecule has 0 fully saturated rings. The van der Waals surface area contributed by atoms with Crippen LogP contribution in [-0.2, 0) is 6.42 Å². The molecule has 0 radical (unpaired) electrons. The summed E-state index contributed by atoms with van der Waals surface area (Å²) in [6.07, 6.45) is 2.46. The van der Waals surface area contributed by atoms with Crippen molar-refractivity contribution in [2.24, 2.45) is 0 Å². The van der Waals surface area contributed by atoms with Crippen molar-refractivity contribution in [1.29, 1.82) is 0 Å². The van der Waals surface area contributed by atoms with E-state index in [0.29, 0.717) is 5.56 Å². The summed E-state index contributed by atoms with van der Waals surface area (Å²) in [6.45, 7) is 2.01. The van der Waals surface area contributed by atoms with Gasteiger partial charge in [-0.25, -0.2) is 4.98 Å². The fourth-order valence-electron chi connectivity index (χ4n) is 1.91. The fourth-order valence-corrected chi connectivity index (χ4v) is 2.59. The monoisotopic (exact) mass is 289 g/mol. The number of carbonyl (C=O) groups is 1. The van der Waals surface area contributed by atoms with Crippen LogP contribution in [0.5, 0.6) is 0 Å². The minimum atomic E-state index is -0.0782. The van der Waals surface area contributed by atoms with Gasteiger partial charge in [0.1, 0.15) is 5.82 Å². The number of amides is 1. The number of anilines is 1. The third-order valence-electron chi connectivity index (χ3n) is 2.97. The number of nitrogens with one attached hydrogen (secondary N) is 1. The fraction of sp³-hybridized carbons (Fsp3) is 0.333. The standard InChI is InChI=1S/C15H19N3OS/c1-11(8-12-6-7-20-10-12)17-15(19)13-4-5-14(16-9-13)18(2)3/h4-7,9-11H,8H2,1-3H3,(H,17,19)/t11-/m0/s1. The molecule has 2 rings (SSSR count). The highest BCUT2D eigenvalue weighted by molar-refractivity contribution is 7.07. The Hall–Kier alpha value is -1.88. The van der Waals surface area contributed by atoms with Crippen LogP contribution in [0.25, 0.3) is 0 Å². The van der Waals surface area contributed by atoms with Crippen LogP contribution in [0.1, 0.15) is 22.8 Å². The zero-order chi connectivity index (χ0) is 14.5. The van der Waals surface area contributed by atoms with Gasteiger partial charge in [-0.05, 0) is 47.9 Å². The second-order valence-corrected chi connectivity index (χ2v) is 5.79. The highest BCUT2D eigenvalue weighted by Gasteiger charge is 2.11. The summed E-state index contributed by atoms with van der Waals surface area (Å²) < 4.78 is 0. The molecule has 0 spiro atoms. The molecule has 0 bridgehead atoms. The summed E-state index contributed by atoms with van der Waals surface area (Å²) in [4.78, 5) is 18.3. The minimum Gasteiger partial charge on any atom is -0.363 e. The Bertz CT molecular complexity index is 549. The summed E-state index contributed by atoms with van der Waals surface area (Å²) in [5, 5.41) is 7.15. The largest absolute Gasteiger partial charge is 0.363 e. The molecule has 1 N–H and O–H groups in total. The topological polar surface area (TPSA) is 45.2 Å².